The molecule has 1 saturated heterocycles. The Hall–Kier alpha value is -2.40. The largest absolute Gasteiger partial charge is 0.394 e. The van der Waals surface area contributed by atoms with E-state index in [1.54, 1.807) is 6.07 Å². The molecule has 1 aliphatic heterocycles. The lowest BCUT2D eigenvalue weighted by molar-refractivity contribution is -0.0577. The van der Waals surface area contributed by atoms with E-state index in [2.05, 4.69) is 0 Å². The number of nitrogens with zero attached hydrogens (tertiary/aromatic N) is 2. The minimum Gasteiger partial charge on any atom is -0.394 e. The van der Waals surface area contributed by atoms with Gasteiger partial charge in [0.05, 0.1) is 13.2 Å². The molecule has 1 fully saturated rings. The third-order valence-corrected chi connectivity index (χ3v) is 4.44. The summed E-state index contributed by atoms with van der Waals surface area (Å²) in [4.78, 5) is 24.6. The lowest BCUT2D eigenvalue weighted by Crippen LogP contribution is -2.45. The Balaban J connectivity index is 1.98. The van der Waals surface area contributed by atoms with E-state index in [0.717, 1.165) is 16.8 Å². The normalized spacial score (nSPS) is 25.7. The summed E-state index contributed by atoms with van der Waals surface area (Å²) in [6.45, 7) is -1.82. The van der Waals surface area contributed by atoms with Crippen molar-refractivity contribution in [3.63, 3.8) is 0 Å². The fourth-order valence-corrected chi connectivity index (χ4v) is 2.95. The number of alkyl halides is 2. The number of benzene rings is 1. The molecule has 27 heavy (non-hydrogen) atoms. The molecule has 146 valence electrons. The summed E-state index contributed by atoms with van der Waals surface area (Å²) < 4.78 is 35.3. The highest BCUT2D eigenvalue weighted by atomic mass is 19.3. The molecule has 0 radical (unpaired) electrons. The smallest absolute Gasteiger partial charge is 0.333 e. The van der Waals surface area contributed by atoms with Crippen molar-refractivity contribution < 1.29 is 28.8 Å². The van der Waals surface area contributed by atoms with Crippen molar-refractivity contribution in [2.75, 3.05) is 6.61 Å². The fourth-order valence-electron chi connectivity index (χ4n) is 2.95. The average Bonchev–Trinajstić information content (AvgIpc) is 2.94. The van der Waals surface area contributed by atoms with Crippen molar-refractivity contribution in [2.45, 2.75) is 37.0 Å². The van der Waals surface area contributed by atoms with Gasteiger partial charge in [-0.2, -0.15) is 8.78 Å². The van der Waals surface area contributed by atoms with Gasteiger partial charge in [0.25, 0.3) is 11.5 Å². The van der Waals surface area contributed by atoms with Crippen molar-refractivity contribution in [2.24, 2.45) is 0 Å². The molecule has 0 spiro atoms. The molecule has 2 heterocycles. The van der Waals surface area contributed by atoms with Gasteiger partial charge in [-0.1, -0.05) is 30.3 Å². The number of aliphatic hydroxyl groups excluding tert-OH is 3. The predicted molar refractivity (Wildman–Crippen MR) is 88.3 cm³/mol. The van der Waals surface area contributed by atoms with Crippen LogP contribution in [0.5, 0.6) is 0 Å². The van der Waals surface area contributed by atoms with Crippen LogP contribution in [-0.2, 0) is 17.2 Å². The molecule has 0 bridgehead atoms. The minimum atomic E-state index is -3.49. The van der Waals surface area contributed by atoms with Gasteiger partial charge in [-0.25, -0.2) is 4.79 Å². The first kappa shape index (κ1) is 19.4. The highest BCUT2D eigenvalue weighted by Crippen LogP contribution is 2.30. The maximum Gasteiger partial charge on any atom is 0.333 e. The summed E-state index contributed by atoms with van der Waals surface area (Å²) in [6, 6.07) is 7.63. The average molecular weight is 384 g/mol. The quantitative estimate of drug-likeness (QED) is 0.635. The molecule has 1 aromatic heterocycles. The predicted octanol–water partition coefficient (Wildman–Crippen LogP) is -0.587. The molecule has 10 heteroatoms. The Kier molecular flexibility index (Phi) is 5.24. The van der Waals surface area contributed by atoms with E-state index in [-0.39, 0.29) is 5.56 Å². The molecule has 8 nitrogen and oxygen atoms in total. The molecule has 0 unspecified atom stereocenters. The SMILES string of the molecule is O=c1ccn([C@@H]2O[C@H](CO)[C@H](O)[C@@H]2O)c(=O)n1CC(F)(F)c1ccccc1. The van der Waals surface area contributed by atoms with Crippen molar-refractivity contribution in [1.82, 2.24) is 9.13 Å². The van der Waals surface area contributed by atoms with Gasteiger partial charge in [0, 0.05) is 17.8 Å². The lowest BCUT2D eigenvalue weighted by Gasteiger charge is -2.21. The summed E-state index contributed by atoms with van der Waals surface area (Å²) >= 11 is 0. The zero-order valence-corrected chi connectivity index (χ0v) is 14.0. The van der Waals surface area contributed by atoms with Crippen LogP contribution in [0.15, 0.2) is 52.2 Å². The van der Waals surface area contributed by atoms with E-state index in [1.807, 2.05) is 0 Å². The molecule has 2 aromatic rings. The van der Waals surface area contributed by atoms with E-state index >= 15 is 0 Å². The van der Waals surface area contributed by atoms with Gasteiger partial charge in [-0.3, -0.25) is 13.9 Å². The summed E-state index contributed by atoms with van der Waals surface area (Å²) in [5.41, 5.74) is -2.44. The van der Waals surface area contributed by atoms with Crippen molar-refractivity contribution in [3.05, 3.63) is 69.0 Å². The van der Waals surface area contributed by atoms with Crippen molar-refractivity contribution >= 4 is 0 Å². The summed E-state index contributed by atoms with van der Waals surface area (Å²) in [7, 11) is 0. The highest BCUT2D eigenvalue weighted by molar-refractivity contribution is 5.19. The fraction of sp³-hybridized carbons (Fsp3) is 0.412. The number of halogens is 2. The number of aliphatic hydroxyl groups is 3. The second-order valence-electron chi connectivity index (χ2n) is 6.23. The maximum absolute atomic E-state index is 14.5. The molecule has 0 aliphatic carbocycles. The van der Waals surface area contributed by atoms with E-state index in [0.29, 0.717) is 4.57 Å². The van der Waals surface area contributed by atoms with Crippen LogP contribution < -0.4 is 11.2 Å². The molecule has 3 N–H and O–H groups in total. The molecule has 3 rings (SSSR count). The van der Waals surface area contributed by atoms with Crippen LogP contribution in [-0.4, -0.2) is 49.4 Å². The van der Waals surface area contributed by atoms with E-state index < -0.39 is 54.9 Å². The molecule has 0 amide bonds. The van der Waals surface area contributed by atoms with Gasteiger partial charge in [0.1, 0.15) is 18.3 Å². The Bertz CT molecular complexity index is 914. The molecule has 0 saturated carbocycles. The van der Waals surface area contributed by atoms with Gasteiger partial charge < -0.3 is 20.1 Å². The highest BCUT2D eigenvalue weighted by Gasteiger charge is 2.44. The summed E-state index contributed by atoms with van der Waals surface area (Å²) in [5, 5.41) is 29.0. The van der Waals surface area contributed by atoms with Crippen molar-refractivity contribution in [3.8, 4) is 0 Å². The maximum atomic E-state index is 14.5. The van der Waals surface area contributed by atoms with Crippen LogP contribution in [0.1, 0.15) is 11.8 Å². The van der Waals surface area contributed by atoms with Gasteiger partial charge in [-0.15, -0.1) is 0 Å². The van der Waals surface area contributed by atoms with Crippen molar-refractivity contribution in [1.29, 1.82) is 0 Å². The number of ether oxygens (including phenoxy) is 1. The van der Waals surface area contributed by atoms with Crippen LogP contribution in [0, 0.1) is 0 Å². The second kappa shape index (κ2) is 7.31. The van der Waals surface area contributed by atoms with E-state index in [4.69, 9.17) is 9.84 Å². The first-order chi connectivity index (χ1) is 12.8. The summed E-state index contributed by atoms with van der Waals surface area (Å²) in [6.07, 6.45) is -4.65. The topological polar surface area (TPSA) is 114 Å². The Morgan fingerprint density at radius 1 is 1.07 bits per heavy atom. The molecular formula is C17H18F2N2O6. The van der Waals surface area contributed by atoms with Gasteiger partial charge in [0.15, 0.2) is 6.23 Å². The zero-order chi connectivity index (χ0) is 19.8. The second-order valence-corrected chi connectivity index (χ2v) is 6.23. The van der Waals surface area contributed by atoms with Gasteiger partial charge >= 0.3 is 5.69 Å². The number of rotatable bonds is 5. The summed E-state index contributed by atoms with van der Waals surface area (Å²) in [5.74, 6) is -3.49. The van der Waals surface area contributed by atoms with Crippen LogP contribution in [0.2, 0.25) is 0 Å². The van der Waals surface area contributed by atoms with Crippen LogP contribution in [0.25, 0.3) is 0 Å². The van der Waals surface area contributed by atoms with Crippen LogP contribution >= 0.6 is 0 Å². The third kappa shape index (κ3) is 3.56. The minimum absolute atomic E-state index is 0.335. The van der Waals surface area contributed by atoms with Crippen LogP contribution in [0.3, 0.4) is 0 Å². The van der Waals surface area contributed by atoms with Gasteiger partial charge in [-0.05, 0) is 0 Å². The van der Waals surface area contributed by atoms with Gasteiger partial charge in [0.2, 0.25) is 0 Å². The molecule has 1 aromatic carbocycles. The molecule has 1 aliphatic rings. The Morgan fingerprint density at radius 3 is 2.33 bits per heavy atom. The lowest BCUT2D eigenvalue weighted by atomic mass is 10.1. The van der Waals surface area contributed by atoms with Crippen LogP contribution in [0.4, 0.5) is 8.78 Å². The monoisotopic (exact) mass is 384 g/mol. The third-order valence-electron chi connectivity index (χ3n) is 4.44. The Labute approximate surface area is 151 Å². The van der Waals surface area contributed by atoms with E-state index in [9.17, 15) is 28.6 Å². The Morgan fingerprint density at radius 2 is 1.74 bits per heavy atom. The zero-order valence-electron chi connectivity index (χ0n) is 14.0. The number of hydrogen-bond acceptors (Lipinski definition) is 6. The van der Waals surface area contributed by atoms with E-state index in [1.165, 1.54) is 24.3 Å². The first-order valence-corrected chi connectivity index (χ1v) is 8.14. The standard InChI is InChI=1S/C17H18F2N2O6/c18-17(19,10-4-2-1-3-5-10)9-21-12(23)6-7-20(16(21)26)15-14(25)13(24)11(8-22)27-15/h1-7,11,13-15,22,24-25H,8-9H2/t11-,13+,14+,15-/m1/s1. The number of hydrogen-bond donors (Lipinski definition) is 3. The molecular weight excluding hydrogens is 366 g/mol. The number of aromatic nitrogens is 2. The first-order valence-electron chi connectivity index (χ1n) is 8.14. The molecule has 4 atom stereocenters.